The minimum Gasteiger partial charge on any atom is -0.374 e. The molecule has 3 atom stereocenters. The Morgan fingerprint density at radius 3 is 3.30 bits per heavy atom. The predicted octanol–water partition coefficient (Wildman–Crippen LogP) is 2.02. The van der Waals surface area contributed by atoms with E-state index in [-0.39, 0.29) is 12.2 Å². The lowest BCUT2D eigenvalue weighted by Crippen LogP contribution is -2.41. The normalized spacial score (nSPS) is 30.1. The zero-order valence-corrected chi connectivity index (χ0v) is 11.8. The van der Waals surface area contributed by atoms with Crippen LogP contribution in [0.2, 0.25) is 0 Å². The van der Waals surface area contributed by atoms with Crippen LogP contribution in [0.25, 0.3) is 0 Å². The van der Waals surface area contributed by atoms with Crippen LogP contribution in [0.15, 0.2) is 37.2 Å². The Morgan fingerprint density at radius 1 is 1.55 bits per heavy atom. The van der Waals surface area contributed by atoms with E-state index in [0.717, 1.165) is 31.7 Å². The number of fused-ring (bicyclic) bond motifs is 1. The van der Waals surface area contributed by atoms with Crippen LogP contribution in [-0.4, -0.2) is 47.8 Å². The first-order chi connectivity index (χ1) is 9.88. The van der Waals surface area contributed by atoms with Crippen LogP contribution in [-0.2, 0) is 16.1 Å². The highest BCUT2D eigenvalue weighted by molar-refractivity contribution is 5.07. The monoisotopic (exact) mass is 274 g/mol. The van der Waals surface area contributed by atoms with Gasteiger partial charge in [0, 0.05) is 38.1 Å². The quantitative estimate of drug-likeness (QED) is 0.769. The van der Waals surface area contributed by atoms with E-state index in [9.17, 15) is 0 Å². The maximum atomic E-state index is 6.09. The third-order valence-corrected chi connectivity index (χ3v) is 4.13. The molecule has 0 unspecified atom stereocenters. The van der Waals surface area contributed by atoms with Gasteiger partial charge in [-0.25, -0.2) is 0 Å². The van der Waals surface area contributed by atoms with Gasteiger partial charge in [-0.2, -0.15) is 0 Å². The van der Waals surface area contributed by atoms with E-state index in [1.165, 1.54) is 6.42 Å². The van der Waals surface area contributed by atoms with Gasteiger partial charge in [0.15, 0.2) is 0 Å². The molecule has 4 nitrogen and oxygen atoms in total. The number of aromatic nitrogens is 1. The molecule has 0 spiro atoms. The second kappa shape index (κ2) is 6.48. The van der Waals surface area contributed by atoms with Crippen molar-refractivity contribution in [3.63, 3.8) is 0 Å². The van der Waals surface area contributed by atoms with E-state index in [1.54, 1.807) is 6.20 Å². The van der Waals surface area contributed by atoms with Gasteiger partial charge in [0.25, 0.3) is 0 Å². The number of nitrogens with zero attached hydrogens (tertiary/aromatic N) is 2. The summed E-state index contributed by atoms with van der Waals surface area (Å²) in [7, 11) is 0. The molecule has 3 heterocycles. The largest absolute Gasteiger partial charge is 0.374 e. The summed E-state index contributed by atoms with van der Waals surface area (Å²) in [6.45, 7) is 7.16. The van der Waals surface area contributed by atoms with Gasteiger partial charge in [-0.05, 0) is 24.5 Å². The highest BCUT2D eigenvalue weighted by Crippen LogP contribution is 2.30. The lowest BCUT2D eigenvalue weighted by Gasteiger charge is -2.31. The first-order valence-electron chi connectivity index (χ1n) is 7.35. The topological polar surface area (TPSA) is 34.6 Å². The predicted molar refractivity (Wildman–Crippen MR) is 77.3 cm³/mol. The second-order valence-electron chi connectivity index (χ2n) is 5.50. The maximum Gasteiger partial charge on any atom is 0.100 e. The number of hydrogen-bond donors (Lipinski definition) is 0. The van der Waals surface area contributed by atoms with Crippen LogP contribution in [0.3, 0.4) is 0 Å². The van der Waals surface area contributed by atoms with E-state index >= 15 is 0 Å². The van der Waals surface area contributed by atoms with E-state index < -0.39 is 0 Å². The Labute approximate surface area is 120 Å². The van der Waals surface area contributed by atoms with E-state index in [2.05, 4.69) is 16.5 Å². The first kappa shape index (κ1) is 13.7. The standard InChI is InChI=1S/C16H22N2O2/c1-2-8-18-11-15(16-14(18)6-4-9-19-16)20-12-13-5-3-7-17-10-13/h2-3,5,7,10,14-16H,1,4,6,8-9,11-12H2/t14-,15+,16+/m1/s1. The number of ether oxygens (including phenoxy) is 2. The SMILES string of the molecule is C=CCN1C[C@H](OCc2cccnc2)[C@H]2OCCC[C@H]21. The second-order valence-corrected chi connectivity index (χ2v) is 5.50. The van der Waals surface area contributed by atoms with Gasteiger partial charge in [0.05, 0.1) is 12.7 Å². The fourth-order valence-corrected chi connectivity index (χ4v) is 3.21. The van der Waals surface area contributed by atoms with Crippen LogP contribution in [0, 0.1) is 0 Å². The average molecular weight is 274 g/mol. The molecule has 1 aromatic rings. The summed E-state index contributed by atoms with van der Waals surface area (Å²) >= 11 is 0. The molecule has 0 saturated carbocycles. The van der Waals surface area contributed by atoms with Crippen LogP contribution in [0.1, 0.15) is 18.4 Å². The summed E-state index contributed by atoms with van der Waals surface area (Å²) in [5, 5.41) is 0. The van der Waals surface area contributed by atoms with Gasteiger partial charge in [-0.3, -0.25) is 9.88 Å². The summed E-state index contributed by atoms with van der Waals surface area (Å²) < 4.78 is 12.1. The summed E-state index contributed by atoms with van der Waals surface area (Å²) in [6.07, 6.45) is 8.31. The van der Waals surface area contributed by atoms with Crippen molar-refractivity contribution in [3.05, 3.63) is 42.7 Å². The van der Waals surface area contributed by atoms with Gasteiger partial charge in [-0.15, -0.1) is 6.58 Å². The summed E-state index contributed by atoms with van der Waals surface area (Å²) in [5.41, 5.74) is 1.11. The molecule has 4 heteroatoms. The summed E-state index contributed by atoms with van der Waals surface area (Å²) in [4.78, 5) is 6.56. The van der Waals surface area contributed by atoms with Gasteiger partial charge >= 0.3 is 0 Å². The van der Waals surface area contributed by atoms with Crippen molar-refractivity contribution in [2.75, 3.05) is 19.7 Å². The molecule has 0 aliphatic carbocycles. The fraction of sp³-hybridized carbons (Fsp3) is 0.562. The molecule has 0 bridgehead atoms. The Morgan fingerprint density at radius 2 is 2.50 bits per heavy atom. The molecule has 0 aromatic carbocycles. The Hall–Kier alpha value is -1.23. The van der Waals surface area contributed by atoms with E-state index in [1.807, 2.05) is 24.4 Å². The molecule has 2 saturated heterocycles. The molecular formula is C16H22N2O2. The molecular weight excluding hydrogens is 252 g/mol. The molecule has 0 radical (unpaired) electrons. The lowest BCUT2D eigenvalue weighted by atomic mass is 10.0. The van der Waals surface area contributed by atoms with Crippen molar-refractivity contribution < 1.29 is 9.47 Å². The van der Waals surface area contributed by atoms with Crippen molar-refractivity contribution in [2.45, 2.75) is 37.7 Å². The summed E-state index contributed by atoms with van der Waals surface area (Å²) in [5.74, 6) is 0. The molecule has 0 amide bonds. The minimum absolute atomic E-state index is 0.153. The number of hydrogen-bond acceptors (Lipinski definition) is 4. The van der Waals surface area contributed by atoms with Crippen molar-refractivity contribution in [3.8, 4) is 0 Å². The molecule has 2 fully saturated rings. The van der Waals surface area contributed by atoms with Crippen molar-refractivity contribution >= 4 is 0 Å². The Kier molecular flexibility index (Phi) is 4.45. The maximum absolute atomic E-state index is 6.09. The zero-order valence-electron chi connectivity index (χ0n) is 11.8. The number of likely N-dealkylation sites (tertiary alicyclic amines) is 1. The van der Waals surface area contributed by atoms with Crippen LogP contribution in [0.4, 0.5) is 0 Å². The highest BCUT2D eigenvalue weighted by Gasteiger charge is 2.44. The van der Waals surface area contributed by atoms with Gasteiger partial charge in [-0.1, -0.05) is 12.1 Å². The van der Waals surface area contributed by atoms with Crippen LogP contribution in [0.5, 0.6) is 0 Å². The van der Waals surface area contributed by atoms with Gasteiger partial charge < -0.3 is 9.47 Å². The van der Waals surface area contributed by atoms with Crippen molar-refractivity contribution in [1.82, 2.24) is 9.88 Å². The molecule has 1 aromatic heterocycles. The lowest BCUT2D eigenvalue weighted by molar-refractivity contribution is -0.0815. The first-order valence-corrected chi connectivity index (χ1v) is 7.35. The average Bonchev–Trinajstić information content (AvgIpc) is 2.85. The van der Waals surface area contributed by atoms with E-state index in [4.69, 9.17) is 9.47 Å². The van der Waals surface area contributed by atoms with Crippen molar-refractivity contribution in [2.24, 2.45) is 0 Å². The van der Waals surface area contributed by atoms with E-state index in [0.29, 0.717) is 12.6 Å². The minimum atomic E-state index is 0.153. The summed E-state index contributed by atoms with van der Waals surface area (Å²) in [6, 6.07) is 4.47. The molecule has 0 N–H and O–H groups in total. The van der Waals surface area contributed by atoms with Gasteiger partial charge in [0.2, 0.25) is 0 Å². The van der Waals surface area contributed by atoms with Crippen LogP contribution >= 0.6 is 0 Å². The highest BCUT2D eigenvalue weighted by atomic mass is 16.5. The smallest absolute Gasteiger partial charge is 0.100 e. The Balaban J connectivity index is 1.62. The molecule has 2 aliphatic rings. The van der Waals surface area contributed by atoms with Gasteiger partial charge in [0.1, 0.15) is 6.10 Å². The molecule has 2 aliphatic heterocycles. The number of pyridine rings is 1. The Bertz CT molecular complexity index is 437. The van der Waals surface area contributed by atoms with Crippen LogP contribution < -0.4 is 0 Å². The molecule has 108 valence electrons. The molecule has 20 heavy (non-hydrogen) atoms. The zero-order chi connectivity index (χ0) is 13.8. The number of rotatable bonds is 5. The van der Waals surface area contributed by atoms with Crippen molar-refractivity contribution in [1.29, 1.82) is 0 Å². The third-order valence-electron chi connectivity index (χ3n) is 4.13. The molecule has 3 rings (SSSR count). The third kappa shape index (κ3) is 2.92. The fourth-order valence-electron chi connectivity index (χ4n) is 3.21.